The predicted molar refractivity (Wildman–Crippen MR) is 80.6 cm³/mol. The van der Waals surface area contributed by atoms with Crippen LogP contribution in [0.25, 0.3) is 0 Å². The van der Waals surface area contributed by atoms with E-state index in [-0.39, 0.29) is 23.5 Å². The average molecular weight is 353 g/mol. The van der Waals surface area contributed by atoms with Crippen molar-refractivity contribution in [3.63, 3.8) is 0 Å². The second kappa shape index (κ2) is 6.72. The van der Waals surface area contributed by atoms with Gasteiger partial charge in [0, 0.05) is 0 Å². The number of benzene rings is 1. The summed E-state index contributed by atoms with van der Waals surface area (Å²) >= 11 is 11.4. The van der Waals surface area contributed by atoms with Crippen LogP contribution in [0.4, 0.5) is 4.39 Å². The molecular formula is C14H7Cl2FN4O2. The molecule has 0 N–H and O–H groups in total. The lowest BCUT2D eigenvalue weighted by molar-refractivity contribution is 0.364. The third-order valence-corrected chi connectivity index (χ3v) is 2.91. The van der Waals surface area contributed by atoms with Gasteiger partial charge in [0.05, 0.1) is 34.8 Å². The number of para-hydroxylation sites is 1. The molecule has 0 aliphatic carbocycles. The number of hydrogen-bond acceptors (Lipinski definition) is 6. The topological polar surface area (TPSA) is 70.0 Å². The van der Waals surface area contributed by atoms with Crippen molar-refractivity contribution >= 4 is 23.2 Å². The van der Waals surface area contributed by atoms with E-state index in [2.05, 4.69) is 19.9 Å². The van der Waals surface area contributed by atoms with Crippen LogP contribution in [0.15, 0.2) is 43.0 Å². The Bertz CT molecular complexity index is 816. The molecule has 23 heavy (non-hydrogen) atoms. The van der Waals surface area contributed by atoms with Crippen molar-refractivity contribution in [1.29, 1.82) is 0 Å². The van der Waals surface area contributed by atoms with E-state index in [9.17, 15) is 4.39 Å². The Kier molecular flexibility index (Phi) is 4.50. The monoisotopic (exact) mass is 352 g/mol. The molecule has 2 heterocycles. The maximum absolute atomic E-state index is 14.0. The number of ether oxygens (including phenoxy) is 2. The maximum Gasteiger partial charge on any atom is 0.322 e. The Morgan fingerprint density at radius 3 is 1.87 bits per heavy atom. The van der Waals surface area contributed by atoms with Crippen molar-refractivity contribution in [2.24, 2.45) is 0 Å². The summed E-state index contributed by atoms with van der Waals surface area (Å²) in [5, 5.41) is 0.680. The highest BCUT2D eigenvalue weighted by molar-refractivity contribution is 6.30. The molecule has 0 fully saturated rings. The van der Waals surface area contributed by atoms with Gasteiger partial charge in [0.25, 0.3) is 0 Å². The van der Waals surface area contributed by atoms with E-state index in [1.54, 1.807) is 0 Å². The van der Waals surface area contributed by atoms with Gasteiger partial charge in [-0.1, -0.05) is 29.3 Å². The van der Waals surface area contributed by atoms with Gasteiger partial charge in [-0.3, -0.25) is 0 Å². The molecule has 0 aliphatic rings. The molecule has 0 amide bonds. The normalized spacial score (nSPS) is 10.4. The molecule has 3 aromatic rings. The molecule has 116 valence electrons. The van der Waals surface area contributed by atoms with Gasteiger partial charge < -0.3 is 9.47 Å². The second-order valence-corrected chi connectivity index (χ2v) is 5.01. The first-order chi connectivity index (χ1) is 11.1. The van der Waals surface area contributed by atoms with Crippen LogP contribution >= 0.6 is 23.2 Å². The molecule has 3 rings (SSSR count). The van der Waals surface area contributed by atoms with Crippen molar-refractivity contribution in [3.8, 4) is 23.5 Å². The van der Waals surface area contributed by atoms with Gasteiger partial charge in [-0.05, 0) is 12.1 Å². The smallest absolute Gasteiger partial charge is 0.322 e. The summed E-state index contributed by atoms with van der Waals surface area (Å²) in [5.74, 6) is -0.797. The molecule has 0 saturated heterocycles. The predicted octanol–water partition coefficient (Wildman–Crippen LogP) is 4.30. The summed E-state index contributed by atoms with van der Waals surface area (Å²) in [6.45, 7) is 0. The van der Waals surface area contributed by atoms with Crippen molar-refractivity contribution in [2.45, 2.75) is 0 Å². The minimum Gasteiger partial charge on any atom is -0.420 e. The molecular weight excluding hydrogens is 346 g/mol. The molecule has 0 bridgehead atoms. The van der Waals surface area contributed by atoms with Crippen molar-refractivity contribution in [2.75, 3.05) is 0 Å². The Balaban J connectivity index is 1.90. The molecule has 0 radical (unpaired) electrons. The minimum absolute atomic E-state index is 0.0122. The first-order valence-electron chi connectivity index (χ1n) is 6.21. The molecule has 2 aromatic heterocycles. The van der Waals surface area contributed by atoms with Crippen LogP contribution in [-0.2, 0) is 0 Å². The van der Waals surface area contributed by atoms with Gasteiger partial charge in [-0.2, -0.15) is 0 Å². The fourth-order valence-electron chi connectivity index (χ4n) is 1.56. The largest absolute Gasteiger partial charge is 0.420 e. The van der Waals surface area contributed by atoms with E-state index in [4.69, 9.17) is 32.7 Å². The van der Waals surface area contributed by atoms with Crippen LogP contribution in [0.2, 0.25) is 10.0 Å². The number of nitrogens with zero attached hydrogens (tertiary/aromatic N) is 4. The van der Waals surface area contributed by atoms with Crippen LogP contribution in [0.5, 0.6) is 23.5 Å². The van der Waals surface area contributed by atoms with E-state index in [1.807, 2.05) is 0 Å². The van der Waals surface area contributed by atoms with E-state index >= 15 is 0 Å². The maximum atomic E-state index is 14.0. The van der Waals surface area contributed by atoms with Crippen LogP contribution < -0.4 is 9.47 Å². The summed E-state index contributed by atoms with van der Waals surface area (Å²) in [6.07, 6.45) is 5.36. The third-order valence-electron chi connectivity index (χ3n) is 2.52. The van der Waals surface area contributed by atoms with Gasteiger partial charge in [0.2, 0.25) is 5.75 Å². The van der Waals surface area contributed by atoms with Gasteiger partial charge in [-0.25, -0.2) is 24.3 Å². The highest BCUT2D eigenvalue weighted by atomic mass is 35.5. The lowest BCUT2D eigenvalue weighted by Crippen LogP contribution is -1.98. The van der Waals surface area contributed by atoms with Gasteiger partial charge in [0.15, 0.2) is 11.6 Å². The number of aromatic nitrogens is 4. The van der Waals surface area contributed by atoms with E-state index in [0.717, 1.165) is 0 Å². The zero-order chi connectivity index (χ0) is 16.2. The quantitative estimate of drug-likeness (QED) is 0.697. The van der Waals surface area contributed by atoms with Crippen LogP contribution in [0, 0.1) is 5.82 Å². The zero-order valence-corrected chi connectivity index (χ0v) is 12.8. The molecule has 0 spiro atoms. The molecule has 0 aliphatic heterocycles. The first-order valence-corrected chi connectivity index (χ1v) is 6.97. The van der Waals surface area contributed by atoms with E-state index in [0.29, 0.717) is 10.0 Å². The Morgan fingerprint density at radius 2 is 1.30 bits per heavy atom. The standard InChI is InChI=1S/C14H7Cl2FN4O2/c15-8-4-18-13(19-5-8)22-11-3-1-2-10(17)12(11)23-14-20-6-9(16)7-21-14/h1-7H. The lowest BCUT2D eigenvalue weighted by atomic mass is 10.3. The summed E-state index contributed by atoms with van der Waals surface area (Å²) in [6, 6.07) is 4.06. The summed E-state index contributed by atoms with van der Waals surface area (Å²) in [7, 11) is 0. The number of rotatable bonds is 4. The van der Waals surface area contributed by atoms with Gasteiger partial charge in [0.1, 0.15) is 0 Å². The number of halogens is 3. The fourth-order valence-corrected chi connectivity index (χ4v) is 1.76. The average Bonchev–Trinajstić information content (AvgIpc) is 2.55. The number of hydrogen-bond donors (Lipinski definition) is 0. The lowest BCUT2D eigenvalue weighted by Gasteiger charge is -2.10. The zero-order valence-electron chi connectivity index (χ0n) is 11.3. The summed E-state index contributed by atoms with van der Waals surface area (Å²) in [5.41, 5.74) is 0. The Labute approximate surface area is 139 Å². The Morgan fingerprint density at radius 1 is 0.783 bits per heavy atom. The Hall–Kier alpha value is -2.51. The molecule has 0 unspecified atom stereocenters. The van der Waals surface area contributed by atoms with Crippen molar-refractivity contribution in [1.82, 2.24) is 19.9 Å². The van der Waals surface area contributed by atoms with Gasteiger partial charge >= 0.3 is 12.0 Å². The molecule has 0 atom stereocenters. The van der Waals surface area contributed by atoms with Crippen LogP contribution in [-0.4, -0.2) is 19.9 Å². The fraction of sp³-hybridized carbons (Fsp3) is 0. The highest BCUT2D eigenvalue weighted by Crippen LogP contribution is 2.35. The van der Waals surface area contributed by atoms with Crippen molar-refractivity contribution in [3.05, 3.63) is 58.8 Å². The molecule has 9 heteroatoms. The van der Waals surface area contributed by atoms with Gasteiger partial charge in [-0.15, -0.1) is 0 Å². The molecule has 0 saturated carbocycles. The second-order valence-electron chi connectivity index (χ2n) is 4.14. The SMILES string of the molecule is Fc1cccc(Oc2ncc(Cl)cn2)c1Oc1ncc(Cl)cn1. The van der Waals surface area contributed by atoms with E-state index < -0.39 is 5.82 Å². The highest BCUT2D eigenvalue weighted by Gasteiger charge is 2.15. The van der Waals surface area contributed by atoms with Crippen LogP contribution in [0.3, 0.4) is 0 Å². The summed E-state index contributed by atoms with van der Waals surface area (Å²) < 4.78 is 24.8. The summed E-state index contributed by atoms with van der Waals surface area (Å²) in [4.78, 5) is 15.4. The first kappa shape index (κ1) is 15.4. The third kappa shape index (κ3) is 3.82. The minimum atomic E-state index is -0.657. The van der Waals surface area contributed by atoms with Crippen LogP contribution in [0.1, 0.15) is 0 Å². The van der Waals surface area contributed by atoms with E-state index in [1.165, 1.54) is 43.0 Å². The van der Waals surface area contributed by atoms with Crippen molar-refractivity contribution < 1.29 is 13.9 Å². The molecule has 1 aromatic carbocycles. The molecule has 6 nitrogen and oxygen atoms in total.